The van der Waals surface area contributed by atoms with Crippen LogP contribution in [0.3, 0.4) is 0 Å². The molecule has 0 spiro atoms. The van der Waals surface area contributed by atoms with E-state index >= 15 is 0 Å². The maximum absolute atomic E-state index is 11.9. The summed E-state index contributed by atoms with van der Waals surface area (Å²) in [5.41, 5.74) is 4.10. The Balaban J connectivity index is 1.92. The van der Waals surface area contributed by atoms with Gasteiger partial charge in [0, 0.05) is 17.0 Å². The first-order chi connectivity index (χ1) is 8.97. The number of aromatic nitrogens is 3. The topological polar surface area (TPSA) is 70.7 Å². The minimum atomic E-state index is -0.00579. The molecule has 6 heteroatoms. The standard InChI is InChI=1S/C13H18N4OS/c1-7-10(4)19-13(14-7)15-12(18)6-5-11-8(2)16-17-9(11)3/h5-6H2,1-4H3,(H,16,17)(H,14,15,18). The normalized spacial score (nSPS) is 10.7. The summed E-state index contributed by atoms with van der Waals surface area (Å²) in [7, 11) is 0. The first kappa shape index (κ1) is 13.7. The van der Waals surface area contributed by atoms with E-state index in [0.29, 0.717) is 18.0 Å². The maximum Gasteiger partial charge on any atom is 0.226 e. The molecule has 0 fully saturated rings. The number of nitrogens with one attached hydrogen (secondary N) is 2. The number of thiazole rings is 1. The van der Waals surface area contributed by atoms with Gasteiger partial charge in [0.2, 0.25) is 5.91 Å². The number of amides is 1. The van der Waals surface area contributed by atoms with Gasteiger partial charge in [-0.1, -0.05) is 0 Å². The molecule has 0 atom stereocenters. The molecule has 2 rings (SSSR count). The second kappa shape index (κ2) is 5.52. The van der Waals surface area contributed by atoms with E-state index in [0.717, 1.165) is 27.5 Å². The number of hydrogen-bond donors (Lipinski definition) is 2. The third-order valence-corrected chi connectivity index (χ3v) is 4.15. The fraction of sp³-hybridized carbons (Fsp3) is 0.462. The Morgan fingerprint density at radius 1 is 1.26 bits per heavy atom. The van der Waals surface area contributed by atoms with Crippen LogP contribution in [0.2, 0.25) is 0 Å². The summed E-state index contributed by atoms with van der Waals surface area (Å²) < 4.78 is 0. The molecule has 0 saturated heterocycles. The largest absolute Gasteiger partial charge is 0.302 e. The summed E-state index contributed by atoms with van der Waals surface area (Å²) in [5.74, 6) is -0.00579. The maximum atomic E-state index is 11.9. The van der Waals surface area contributed by atoms with Gasteiger partial charge in [-0.05, 0) is 39.7 Å². The van der Waals surface area contributed by atoms with Crippen molar-refractivity contribution in [2.24, 2.45) is 0 Å². The van der Waals surface area contributed by atoms with Crippen molar-refractivity contribution >= 4 is 22.4 Å². The second-order valence-corrected chi connectivity index (χ2v) is 5.82. The zero-order chi connectivity index (χ0) is 14.0. The van der Waals surface area contributed by atoms with E-state index in [9.17, 15) is 4.79 Å². The average Bonchev–Trinajstić information content (AvgIpc) is 2.81. The summed E-state index contributed by atoms with van der Waals surface area (Å²) in [4.78, 5) is 17.3. The Labute approximate surface area is 116 Å². The summed E-state index contributed by atoms with van der Waals surface area (Å²) in [6, 6.07) is 0. The van der Waals surface area contributed by atoms with Gasteiger partial charge in [-0.25, -0.2) is 4.98 Å². The predicted molar refractivity (Wildman–Crippen MR) is 76.6 cm³/mol. The van der Waals surface area contributed by atoms with E-state index in [1.807, 2.05) is 27.7 Å². The summed E-state index contributed by atoms with van der Waals surface area (Å²) in [5, 5.41) is 10.6. The predicted octanol–water partition coefficient (Wildman–Crippen LogP) is 2.67. The van der Waals surface area contributed by atoms with Gasteiger partial charge in [-0.15, -0.1) is 11.3 Å². The smallest absolute Gasteiger partial charge is 0.226 e. The van der Waals surface area contributed by atoms with E-state index in [4.69, 9.17) is 0 Å². The van der Waals surface area contributed by atoms with Crippen molar-refractivity contribution in [3.63, 3.8) is 0 Å². The SMILES string of the molecule is Cc1nc(NC(=O)CCc2c(C)n[nH]c2C)sc1C. The third kappa shape index (κ3) is 3.20. The van der Waals surface area contributed by atoms with Gasteiger partial charge in [-0.3, -0.25) is 9.89 Å². The van der Waals surface area contributed by atoms with Gasteiger partial charge >= 0.3 is 0 Å². The van der Waals surface area contributed by atoms with E-state index < -0.39 is 0 Å². The molecule has 0 aliphatic heterocycles. The second-order valence-electron chi connectivity index (χ2n) is 4.62. The molecule has 0 aliphatic carbocycles. The van der Waals surface area contributed by atoms with Gasteiger partial charge in [0.1, 0.15) is 0 Å². The molecule has 5 nitrogen and oxygen atoms in total. The fourth-order valence-electron chi connectivity index (χ4n) is 1.89. The van der Waals surface area contributed by atoms with E-state index in [2.05, 4.69) is 20.5 Å². The molecule has 0 saturated carbocycles. The highest BCUT2D eigenvalue weighted by Gasteiger charge is 2.11. The molecule has 0 aromatic carbocycles. The molecular weight excluding hydrogens is 260 g/mol. The van der Waals surface area contributed by atoms with Gasteiger partial charge in [0.15, 0.2) is 5.13 Å². The molecule has 0 aliphatic rings. The number of aromatic amines is 1. The number of nitrogens with zero attached hydrogens (tertiary/aromatic N) is 2. The zero-order valence-electron chi connectivity index (χ0n) is 11.6. The number of rotatable bonds is 4. The molecular formula is C13H18N4OS. The minimum absolute atomic E-state index is 0.00579. The van der Waals surface area contributed by atoms with Crippen LogP contribution in [0.1, 0.15) is 33.9 Å². The van der Waals surface area contributed by atoms with Crippen LogP contribution in [0.5, 0.6) is 0 Å². The Hall–Kier alpha value is -1.69. The Bertz CT molecular complexity index is 561. The lowest BCUT2D eigenvalue weighted by molar-refractivity contribution is -0.116. The van der Waals surface area contributed by atoms with Gasteiger partial charge < -0.3 is 5.32 Å². The van der Waals surface area contributed by atoms with Crippen molar-refractivity contribution in [3.05, 3.63) is 27.5 Å². The molecule has 2 aromatic heterocycles. The van der Waals surface area contributed by atoms with Crippen molar-refractivity contribution < 1.29 is 4.79 Å². The molecule has 2 aromatic rings. The highest BCUT2D eigenvalue weighted by atomic mass is 32.1. The lowest BCUT2D eigenvalue weighted by Gasteiger charge is -2.02. The third-order valence-electron chi connectivity index (χ3n) is 3.16. The Morgan fingerprint density at radius 3 is 2.53 bits per heavy atom. The van der Waals surface area contributed by atoms with E-state index in [1.165, 1.54) is 11.3 Å². The van der Waals surface area contributed by atoms with Crippen molar-refractivity contribution in [2.75, 3.05) is 5.32 Å². The quantitative estimate of drug-likeness (QED) is 0.903. The van der Waals surface area contributed by atoms with Gasteiger partial charge in [0.25, 0.3) is 0 Å². The molecule has 2 N–H and O–H groups in total. The number of anilines is 1. The van der Waals surface area contributed by atoms with Crippen LogP contribution < -0.4 is 5.32 Å². The van der Waals surface area contributed by atoms with Crippen LogP contribution in [0.15, 0.2) is 0 Å². The zero-order valence-corrected chi connectivity index (χ0v) is 12.4. The van der Waals surface area contributed by atoms with Crippen molar-refractivity contribution in [3.8, 4) is 0 Å². The summed E-state index contributed by atoms with van der Waals surface area (Å²) >= 11 is 1.51. The first-order valence-corrected chi connectivity index (χ1v) is 7.03. The fourth-order valence-corrected chi connectivity index (χ4v) is 2.72. The minimum Gasteiger partial charge on any atom is -0.302 e. The highest BCUT2D eigenvalue weighted by Crippen LogP contribution is 2.21. The monoisotopic (exact) mass is 278 g/mol. The number of aryl methyl sites for hydroxylation is 4. The van der Waals surface area contributed by atoms with E-state index in [-0.39, 0.29) is 5.91 Å². The lowest BCUT2D eigenvalue weighted by atomic mass is 10.1. The molecule has 0 unspecified atom stereocenters. The van der Waals surface area contributed by atoms with Crippen molar-refractivity contribution in [2.45, 2.75) is 40.5 Å². The van der Waals surface area contributed by atoms with Crippen LogP contribution in [0, 0.1) is 27.7 Å². The molecule has 2 heterocycles. The lowest BCUT2D eigenvalue weighted by Crippen LogP contribution is -2.12. The number of H-pyrrole nitrogens is 1. The molecule has 102 valence electrons. The van der Waals surface area contributed by atoms with Crippen LogP contribution in [-0.4, -0.2) is 21.1 Å². The molecule has 19 heavy (non-hydrogen) atoms. The summed E-state index contributed by atoms with van der Waals surface area (Å²) in [6.07, 6.45) is 1.14. The van der Waals surface area contributed by atoms with Crippen molar-refractivity contribution in [1.82, 2.24) is 15.2 Å². The van der Waals surface area contributed by atoms with Crippen LogP contribution in [0.4, 0.5) is 5.13 Å². The van der Waals surface area contributed by atoms with Crippen LogP contribution >= 0.6 is 11.3 Å². The number of carbonyl (C=O) groups excluding carboxylic acids is 1. The molecule has 0 bridgehead atoms. The summed E-state index contributed by atoms with van der Waals surface area (Å²) in [6.45, 7) is 7.87. The first-order valence-electron chi connectivity index (χ1n) is 6.21. The van der Waals surface area contributed by atoms with Crippen LogP contribution in [0.25, 0.3) is 0 Å². The van der Waals surface area contributed by atoms with Crippen LogP contribution in [-0.2, 0) is 11.2 Å². The molecule has 1 amide bonds. The van der Waals surface area contributed by atoms with E-state index in [1.54, 1.807) is 0 Å². The van der Waals surface area contributed by atoms with Gasteiger partial charge in [0.05, 0.1) is 11.4 Å². The number of hydrogen-bond acceptors (Lipinski definition) is 4. The number of carbonyl (C=O) groups is 1. The van der Waals surface area contributed by atoms with Crippen molar-refractivity contribution in [1.29, 1.82) is 0 Å². The average molecular weight is 278 g/mol. The van der Waals surface area contributed by atoms with Gasteiger partial charge in [-0.2, -0.15) is 5.10 Å². The Morgan fingerprint density at radius 2 is 2.00 bits per heavy atom. The molecule has 0 radical (unpaired) electrons. The Kier molecular flexibility index (Phi) is 3.99. The highest BCUT2D eigenvalue weighted by molar-refractivity contribution is 7.15.